The smallest absolute Gasteiger partial charge is 0.465 e. The minimum Gasteiger partial charge on any atom is -0.465 e. The Labute approximate surface area is 96.8 Å². The maximum atomic E-state index is 12.9. The van der Waals surface area contributed by atoms with Gasteiger partial charge in [-0.2, -0.15) is 0 Å². The number of hydrogen-bond donors (Lipinski definition) is 0. The van der Waals surface area contributed by atoms with Gasteiger partial charge in [0.15, 0.2) is 0 Å². The van der Waals surface area contributed by atoms with Crippen molar-refractivity contribution in [2.75, 3.05) is 7.11 Å². The molecule has 0 saturated heterocycles. The molecule has 6 heteroatoms. The standard InChI is InChI=1S/C11H11BF3O2/c1-17-11(16)9-5-7-3-2-4-8(7)6-10(9)12(13,14)15/h5-6H,2-4H2,1H3/q-1. The number of benzene rings is 1. The van der Waals surface area contributed by atoms with E-state index in [-0.39, 0.29) is 5.56 Å². The van der Waals surface area contributed by atoms with Crippen molar-refractivity contribution in [3.8, 4) is 0 Å². The second-order valence-corrected chi connectivity index (χ2v) is 4.13. The van der Waals surface area contributed by atoms with Gasteiger partial charge >= 0.3 is 12.9 Å². The van der Waals surface area contributed by atoms with Crippen LogP contribution in [0.2, 0.25) is 0 Å². The molecule has 2 nitrogen and oxygen atoms in total. The maximum Gasteiger partial charge on any atom is 0.510 e. The van der Waals surface area contributed by atoms with Gasteiger partial charge in [-0.25, -0.2) is 4.79 Å². The fourth-order valence-electron chi connectivity index (χ4n) is 2.20. The Bertz CT molecular complexity index is 469. The molecule has 1 aliphatic carbocycles. The number of hydrogen-bond acceptors (Lipinski definition) is 2. The molecule has 0 unspecified atom stereocenters. The summed E-state index contributed by atoms with van der Waals surface area (Å²) in [5, 5.41) is 0. The molecule has 17 heavy (non-hydrogen) atoms. The average molecular weight is 243 g/mol. The molecule has 0 radical (unpaired) electrons. The number of ether oxygens (including phenoxy) is 1. The van der Waals surface area contributed by atoms with Crippen LogP contribution in [0.15, 0.2) is 12.1 Å². The van der Waals surface area contributed by atoms with Crippen LogP contribution in [0.25, 0.3) is 0 Å². The lowest BCUT2D eigenvalue weighted by atomic mass is 9.75. The summed E-state index contributed by atoms with van der Waals surface area (Å²) in [5.41, 5.74) is 0.333. The first-order valence-corrected chi connectivity index (χ1v) is 5.37. The zero-order chi connectivity index (χ0) is 12.6. The van der Waals surface area contributed by atoms with Gasteiger partial charge in [0.1, 0.15) is 0 Å². The molecule has 0 amide bonds. The van der Waals surface area contributed by atoms with Gasteiger partial charge in [0, 0.05) is 5.56 Å². The van der Waals surface area contributed by atoms with E-state index in [0.29, 0.717) is 12.0 Å². The van der Waals surface area contributed by atoms with Crippen molar-refractivity contribution in [3.05, 3.63) is 28.8 Å². The monoisotopic (exact) mass is 243 g/mol. The topological polar surface area (TPSA) is 26.3 Å². The summed E-state index contributed by atoms with van der Waals surface area (Å²) in [6.07, 6.45) is 2.21. The van der Waals surface area contributed by atoms with Gasteiger partial charge in [-0.15, -0.1) is 0 Å². The van der Waals surface area contributed by atoms with Crippen LogP contribution in [-0.4, -0.2) is 20.1 Å². The van der Waals surface area contributed by atoms with E-state index in [2.05, 4.69) is 4.74 Å². The van der Waals surface area contributed by atoms with Crippen molar-refractivity contribution >= 4 is 18.4 Å². The summed E-state index contributed by atoms with van der Waals surface area (Å²) >= 11 is 0. The van der Waals surface area contributed by atoms with E-state index in [9.17, 15) is 17.7 Å². The number of fused-ring (bicyclic) bond motifs is 1. The van der Waals surface area contributed by atoms with Crippen LogP contribution in [0.4, 0.5) is 12.9 Å². The molecule has 0 aliphatic heterocycles. The number of carbonyl (C=O) groups is 1. The van der Waals surface area contributed by atoms with Gasteiger partial charge in [-0.3, -0.25) is 0 Å². The summed E-state index contributed by atoms with van der Waals surface area (Å²) in [6, 6.07) is 2.44. The molecular formula is C11H11BF3O2-. The van der Waals surface area contributed by atoms with Crippen LogP contribution in [0.5, 0.6) is 0 Å². The van der Waals surface area contributed by atoms with Crippen molar-refractivity contribution in [2.45, 2.75) is 19.3 Å². The lowest BCUT2D eigenvalue weighted by Crippen LogP contribution is -2.39. The zero-order valence-corrected chi connectivity index (χ0v) is 9.30. The second kappa shape index (κ2) is 4.09. The molecule has 0 N–H and O–H groups in total. The first-order chi connectivity index (χ1) is 7.93. The van der Waals surface area contributed by atoms with E-state index < -0.39 is 18.4 Å². The van der Waals surface area contributed by atoms with Gasteiger partial charge in [-0.1, -0.05) is 11.5 Å². The highest BCUT2D eigenvalue weighted by molar-refractivity contribution is 6.74. The predicted molar refractivity (Wildman–Crippen MR) is 58.5 cm³/mol. The zero-order valence-electron chi connectivity index (χ0n) is 9.30. The molecule has 0 bridgehead atoms. The Balaban J connectivity index is 2.59. The summed E-state index contributed by atoms with van der Waals surface area (Å²) in [4.78, 5) is 11.4. The van der Waals surface area contributed by atoms with Crippen LogP contribution < -0.4 is 5.46 Å². The number of halogens is 3. The average Bonchev–Trinajstić information content (AvgIpc) is 2.72. The van der Waals surface area contributed by atoms with Gasteiger partial charge in [0.2, 0.25) is 0 Å². The highest BCUT2D eigenvalue weighted by Gasteiger charge is 2.32. The van der Waals surface area contributed by atoms with Crippen LogP contribution >= 0.6 is 0 Å². The third-order valence-corrected chi connectivity index (χ3v) is 3.02. The first-order valence-electron chi connectivity index (χ1n) is 5.37. The summed E-state index contributed by atoms with van der Waals surface area (Å²) in [6.45, 7) is -5.19. The molecule has 1 aromatic rings. The third-order valence-electron chi connectivity index (χ3n) is 3.02. The number of aryl methyl sites for hydroxylation is 2. The van der Waals surface area contributed by atoms with Crippen molar-refractivity contribution < 1.29 is 22.5 Å². The number of methoxy groups -OCH3 is 1. The van der Waals surface area contributed by atoms with E-state index >= 15 is 0 Å². The number of carbonyl (C=O) groups excluding carboxylic acids is 1. The van der Waals surface area contributed by atoms with Gasteiger partial charge < -0.3 is 17.7 Å². The summed E-state index contributed by atoms with van der Waals surface area (Å²) < 4.78 is 43.0. The first kappa shape index (κ1) is 12.0. The summed E-state index contributed by atoms with van der Waals surface area (Å²) in [7, 11) is 1.09. The molecule has 0 saturated carbocycles. The van der Waals surface area contributed by atoms with E-state index in [1.807, 2.05) is 0 Å². The molecule has 2 rings (SSSR count). The molecule has 1 aromatic carbocycles. The van der Waals surface area contributed by atoms with Gasteiger partial charge in [-0.05, 0) is 36.5 Å². The largest absolute Gasteiger partial charge is 0.510 e. The van der Waals surface area contributed by atoms with Gasteiger partial charge in [0.05, 0.1) is 7.11 Å². The van der Waals surface area contributed by atoms with E-state index in [4.69, 9.17) is 0 Å². The lowest BCUT2D eigenvalue weighted by Gasteiger charge is -2.20. The van der Waals surface area contributed by atoms with E-state index in [1.165, 1.54) is 6.07 Å². The molecule has 0 aromatic heterocycles. The molecule has 1 aliphatic rings. The van der Waals surface area contributed by atoms with E-state index in [0.717, 1.165) is 31.6 Å². The molecule has 0 spiro atoms. The highest BCUT2D eigenvalue weighted by atomic mass is 19.4. The van der Waals surface area contributed by atoms with Crippen molar-refractivity contribution in [3.63, 3.8) is 0 Å². The molecular weight excluding hydrogens is 232 g/mol. The van der Waals surface area contributed by atoms with Crippen LogP contribution in [-0.2, 0) is 17.6 Å². The Morgan fingerprint density at radius 2 is 1.82 bits per heavy atom. The lowest BCUT2D eigenvalue weighted by molar-refractivity contribution is 0.0601. The minimum absolute atomic E-state index is 0.361. The number of esters is 1. The van der Waals surface area contributed by atoms with Crippen molar-refractivity contribution in [1.29, 1.82) is 0 Å². The Hall–Kier alpha value is -1.46. The fourth-order valence-corrected chi connectivity index (χ4v) is 2.20. The van der Waals surface area contributed by atoms with Gasteiger partial charge in [0.25, 0.3) is 0 Å². The van der Waals surface area contributed by atoms with Crippen molar-refractivity contribution in [1.82, 2.24) is 0 Å². The minimum atomic E-state index is -5.19. The SMILES string of the molecule is COC(=O)c1cc2c(cc1[B-](F)(F)F)CCC2. The van der Waals surface area contributed by atoms with Crippen LogP contribution in [0.1, 0.15) is 27.9 Å². The summed E-state index contributed by atoms with van der Waals surface area (Å²) in [5.74, 6) is -0.922. The Kier molecular flexibility index (Phi) is 2.89. The fraction of sp³-hybridized carbons (Fsp3) is 0.364. The van der Waals surface area contributed by atoms with Crippen LogP contribution in [0, 0.1) is 0 Å². The normalized spacial score (nSPS) is 14.6. The highest BCUT2D eigenvalue weighted by Crippen LogP contribution is 2.25. The van der Waals surface area contributed by atoms with Crippen molar-refractivity contribution in [2.24, 2.45) is 0 Å². The molecule has 92 valence electrons. The Morgan fingerprint density at radius 3 is 2.35 bits per heavy atom. The molecule has 0 heterocycles. The number of rotatable bonds is 2. The predicted octanol–water partition coefficient (Wildman–Crippen LogP) is 2.02. The maximum absolute atomic E-state index is 12.9. The second-order valence-electron chi connectivity index (χ2n) is 4.13. The third kappa shape index (κ3) is 2.16. The molecule has 0 atom stereocenters. The quantitative estimate of drug-likeness (QED) is 0.586. The molecule has 0 fully saturated rings. The van der Waals surface area contributed by atoms with Crippen LogP contribution in [0.3, 0.4) is 0 Å². The van der Waals surface area contributed by atoms with E-state index in [1.54, 1.807) is 0 Å². The Morgan fingerprint density at radius 1 is 1.24 bits per heavy atom.